The summed E-state index contributed by atoms with van der Waals surface area (Å²) < 4.78 is 0. The molecule has 1 fully saturated rings. The lowest BCUT2D eigenvalue weighted by Crippen LogP contribution is -2.39. The van der Waals surface area contributed by atoms with Gasteiger partial charge in [0.15, 0.2) is 0 Å². The molecule has 2 atom stereocenters. The van der Waals surface area contributed by atoms with Crippen molar-refractivity contribution >= 4 is 10.8 Å². The van der Waals surface area contributed by atoms with Crippen LogP contribution in [0.4, 0.5) is 0 Å². The van der Waals surface area contributed by atoms with Gasteiger partial charge in [0.1, 0.15) is 0 Å². The van der Waals surface area contributed by atoms with E-state index in [0.29, 0.717) is 5.92 Å². The van der Waals surface area contributed by atoms with Gasteiger partial charge in [-0.1, -0.05) is 69.2 Å². The van der Waals surface area contributed by atoms with Crippen LogP contribution in [0.3, 0.4) is 0 Å². The zero-order chi connectivity index (χ0) is 14.2. The minimum absolute atomic E-state index is 0.0316. The van der Waals surface area contributed by atoms with Crippen LogP contribution >= 0.6 is 0 Å². The Morgan fingerprint density at radius 2 is 1.65 bits per heavy atom. The van der Waals surface area contributed by atoms with Crippen molar-refractivity contribution in [3.05, 3.63) is 48.0 Å². The molecule has 1 N–H and O–H groups in total. The SMILES string of the molecule is CC(C)(c1ccc2ccccc2c1)[C@@H]1CCCC[C@H]1O. The first-order valence-electron chi connectivity index (χ1n) is 7.76. The van der Waals surface area contributed by atoms with E-state index in [1.807, 2.05) is 0 Å². The molecular formula is C19H24O. The Hall–Kier alpha value is -1.34. The fraction of sp³-hybridized carbons (Fsp3) is 0.474. The van der Waals surface area contributed by atoms with E-state index >= 15 is 0 Å². The molecule has 1 aliphatic carbocycles. The molecule has 0 bridgehead atoms. The number of aliphatic hydroxyl groups is 1. The second kappa shape index (κ2) is 5.21. The Balaban J connectivity index is 1.99. The summed E-state index contributed by atoms with van der Waals surface area (Å²) >= 11 is 0. The van der Waals surface area contributed by atoms with E-state index in [9.17, 15) is 5.11 Å². The van der Waals surface area contributed by atoms with E-state index in [-0.39, 0.29) is 11.5 Å². The van der Waals surface area contributed by atoms with Gasteiger partial charge >= 0.3 is 0 Å². The maximum Gasteiger partial charge on any atom is 0.0576 e. The average molecular weight is 268 g/mol. The Morgan fingerprint density at radius 3 is 2.40 bits per heavy atom. The molecule has 0 aliphatic heterocycles. The second-order valence-electron chi connectivity index (χ2n) is 6.74. The van der Waals surface area contributed by atoms with Gasteiger partial charge < -0.3 is 5.11 Å². The summed E-state index contributed by atoms with van der Waals surface area (Å²) in [6.45, 7) is 4.58. The lowest BCUT2D eigenvalue weighted by Gasteiger charge is -2.40. The van der Waals surface area contributed by atoms with Crippen molar-refractivity contribution in [3.63, 3.8) is 0 Å². The third-order valence-electron chi connectivity index (χ3n) is 5.15. The molecule has 0 amide bonds. The van der Waals surface area contributed by atoms with Crippen LogP contribution in [0.1, 0.15) is 45.1 Å². The quantitative estimate of drug-likeness (QED) is 0.839. The highest BCUT2D eigenvalue weighted by Gasteiger charge is 2.37. The number of hydrogen-bond donors (Lipinski definition) is 1. The van der Waals surface area contributed by atoms with Crippen molar-refractivity contribution < 1.29 is 5.11 Å². The van der Waals surface area contributed by atoms with Crippen molar-refractivity contribution in [2.75, 3.05) is 0 Å². The summed E-state index contributed by atoms with van der Waals surface area (Å²) in [5.41, 5.74) is 1.38. The minimum atomic E-state index is -0.148. The summed E-state index contributed by atoms with van der Waals surface area (Å²) in [5.74, 6) is 0.373. The predicted molar refractivity (Wildman–Crippen MR) is 84.9 cm³/mol. The zero-order valence-electron chi connectivity index (χ0n) is 12.5. The molecule has 3 rings (SSSR count). The molecule has 1 saturated carbocycles. The van der Waals surface area contributed by atoms with Gasteiger partial charge in [-0.15, -0.1) is 0 Å². The molecule has 0 aromatic heterocycles. The van der Waals surface area contributed by atoms with Crippen LogP contribution in [0, 0.1) is 5.92 Å². The van der Waals surface area contributed by atoms with Crippen molar-refractivity contribution in [1.82, 2.24) is 0 Å². The van der Waals surface area contributed by atoms with E-state index in [0.717, 1.165) is 12.8 Å². The van der Waals surface area contributed by atoms with Crippen molar-refractivity contribution in [2.24, 2.45) is 5.92 Å². The van der Waals surface area contributed by atoms with Gasteiger partial charge in [0.25, 0.3) is 0 Å². The molecule has 20 heavy (non-hydrogen) atoms. The zero-order valence-corrected chi connectivity index (χ0v) is 12.5. The number of aliphatic hydroxyl groups excluding tert-OH is 1. The van der Waals surface area contributed by atoms with Crippen molar-refractivity contribution in [1.29, 1.82) is 0 Å². The highest BCUT2D eigenvalue weighted by atomic mass is 16.3. The van der Waals surface area contributed by atoms with E-state index in [4.69, 9.17) is 0 Å². The monoisotopic (exact) mass is 268 g/mol. The van der Waals surface area contributed by atoms with Gasteiger partial charge in [-0.25, -0.2) is 0 Å². The number of fused-ring (bicyclic) bond motifs is 1. The molecular weight excluding hydrogens is 244 g/mol. The Kier molecular flexibility index (Phi) is 3.55. The molecule has 1 aliphatic rings. The Morgan fingerprint density at radius 1 is 0.950 bits per heavy atom. The third-order valence-corrected chi connectivity index (χ3v) is 5.15. The van der Waals surface area contributed by atoms with E-state index in [2.05, 4.69) is 56.3 Å². The first-order chi connectivity index (χ1) is 9.59. The van der Waals surface area contributed by atoms with Crippen LogP contribution < -0.4 is 0 Å². The maximum absolute atomic E-state index is 10.4. The first kappa shape index (κ1) is 13.6. The van der Waals surface area contributed by atoms with Crippen LogP contribution in [0.15, 0.2) is 42.5 Å². The molecule has 1 nitrogen and oxygen atoms in total. The predicted octanol–water partition coefficient (Wildman–Crippen LogP) is 4.67. The van der Waals surface area contributed by atoms with Gasteiger partial charge in [-0.3, -0.25) is 0 Å². The average Bonchev–Trinajstić information content (AvgIpc) is 2.47. The highest BCUT2D eigenvalue weighted by molar-refractivity contribution is 5.83. The molecule has 1 heteroatoms. The fourth-order valence-electron chi connectivity index (χ4n) is 3.76. The second-order valence-corrected chi connectivity index (χ2v) is 6.74. The molecule has 106 valence electrons. The van der Waals surface area contributed by atoms with Crippen molar-refractivity contribution in [3.8, 4) is 0 Å². The van der Waals surface area contributed by atoms with Crippen LogP contribution in [0.5, 0.6) is 0 Å². The molecule has 0 radical (unpaired) electrons. The molecule has 2 aromatic rings. The minimum Gasteiger partial charge on any atom is -0.393 e. The molecule has 0 spiro atoms. The van der Waals surface area contributed by atoms with Crippen LogP contribution in [0.2, 0.25) is 0 Å². The van der Waals surface area contributed by atoms with Gasteiger partial charge in [0.2, 0.25) is 0 Å². The lowest BCUT2D eigenvalue weighted by molar-refractivity contribution is 0.0322. The Bertz CT molecular complexity index is 599. The lowest BCUT2D eigenvalue weighted by atomic mass is 9.66. The largest absolute Gasteiger partial charge is 0.393 e. The summed E-state index contributed by atoms with van der Waals surface area (Å²) in [6.07, 6.45) is 4.37. The summed E-state index contributed by atoms with van der Waals surface area (Å²) in [7, 11) is 0. The topological polar surface area (TPSA) is 20.2 Å². The maximum atomic E-state index is 10.4. The van der Waals surface area contributed by atoms with Gasteiger partial charge in [-0.2, -0.15) is 0 Å². The number of rotatable bonds is 2. The van der Waals surface area contributed by atoms with Gasteiger partial charge in [-0.05, 0) is 40.5 Å². The standard InChI is InChI=1S/C19H24O/c1-19(2,17-9-5-6-10-18(17)20)16-12-11-14-7-3-4-8-15(14)13-16/h3-4,7-8,11-13,17-18,20H,5-6,9-10H2,1-2H3/t17-,18-/m1/s1. The summed E-state index contributed by atoms with van der Waals surface area (Å²) in [4.78, 5) is 0. The fourth-order valence-corrected chi connectivity index (χ4v) is 3.76. The number of hydrogen-bond acceptors (Lipinski definition) is 1. The Labute approximate surface area is 121 Å². The number of benzene rings is 2. The molecule has 0 unspecified atom stereocenters. The van der Waals surface area contributed by atoms with Crippen LogP contribution in [-0.2, 0) is 5.41 Å². The van der Waals surface area contributed by atoms with E-state index in [1.165, 1.54) is 29.2 Å². The van der Waals surface area contributed by atoms with Gasteiger partial charge in [0.05, 0.1) is 6.10 Å². The molecule has 0 saturated heterocycles. The molecule has 0 heterocycles. The van der Waals surface area contributed by atoms with E-state index < -0.39 is 0 Å². The van der Waals surface area contributed by atoms with Gasteiger partial charge in [0, 0.05) is 0 Å². The van der Waals surface area contributed by atoms with Crippen LogP contribution in [-0.4, -0.2) is 11.2 Å². The highest BCUT2D eigenvalue weighted by Crippen LogP contribution is 2.41. The summed E-state index contributed by atoms with van der Waals surface area (Å²) in [6, 6.07) is 15.3. The van der Waals surface area contributed by atoms with E-state index in [1.54, 1.807) is 0 Å². The normalized spacial score (nSPS) is 23.9. The smallest absolute Gasteiger partial charge is 0.0576 e. The third kappa shape index (κ3) is 2.35. The molecule has 2 aromatic carbocycles. The van der Waals surface area contributed by atoms with Crippen LogP contribution in [0.25, 0.3) is 10.8 Å². The summed E-state index contributed by atoms with van der Waals surface area (Å²) in [5, 5.41) is 13.0. The first-order valence-corrected chi connectivity index (χ1v) is 7.76. The van der Waals surface area contributed by atoms with Crippen molar-refractivity contribution in [2.45, 2.75) is 51.0 Å².